The fraction of sp³-hybridized carbons (Fsp3) is 0.263. The number of carboxylic acids is 1. The van der Waals surface area contributed by atoms with Crippen molar-refractivity contribution in [2.75, 3.05) is 5.01 Å². The summed E-state index contributed by atoms with van der Waals surface area (Å²) in [6, 6.07) is 14.1. The fourth-order valence-corrected chi connectivity index (χ4v) is 5.06. The number of para-hydroxylation sites is 1. The lowest BCUT2D eigenvalue weighted by molar-refractivity contribution is -0.138. The number of aromatic nitrogens is 1. The molecule has 0 bridgehead atoms. The first kappa shape index (κ1) is 17.5. The van der Waals surface area contributed by atoms with E-state index in [9.17, 15) is 9.90 Å². The molecule has 7 heteroatoms. The summed E-state index contributed by atoms with van der Waals surface area (Å²) >= 11 is 5.15. The van der Waals surface area contributed by atoms with Crippen LogP contribution >= 0.6 is 27.3 Å². The van der Waals surface area contributed by atoms with Crippen molar-refractivity contribution >= 4 is 49.1 Å². The number of fused-ring (bicyclic) bond motifs is 2. The van der Waals surface area contributed by atoms with E-state index in [1.54, 1.807) is 11.3 Å². The molecule has 134 valence electrons. The minimum absolute atomic E-state index is 0.0454. The molecular weight excluding hydrogens is 414 g/mol. The molecule has 1 aliphatic heterocycles. The Morgan fingerprint density at radius 2 is 2.15 bits per heavy atom. The average molecular weight is 432 g/mol. The number of halogens is 1. The summed E-state index contributed by atoms with van der Waals surface area (Å²) in [7, 11) is 0. The topological polar surface area (TPSA) is 65.5 Å². The monoisotopic (exact) mass is 431 g/mol. The second-order valence-corrected chi connectivity index (χ2v) is 8.47. The molecule has 0 radical (unpaired) electrons. The van der Waals surface area contributed by atoms with Gasteiger partial charge in [0.1, 0.15) is 5.01 Å². The molecule has 1 atom stereocenters. The van der Waals surface area contributed by atoms with Crippen LogP contribution < -0.4 is 10.4 Å². The van der Waals surface area contributed by atoms with Crippen LogP contribution in [0.1, 0.15) is 30.3 Å². The standard InChI is InChI=1S/C19H18BrN3O2S/c1-2-19(10-18(24)25)13-5-3-4-6-15(13)23(22-19)11-17-21-14-8-7-12(20)9-16(14)26-17/h3-9,22H,2,10-11H2,1H3,(H,24,25). The number of nitrogens with zero attached hydrogens (tertiary/aromatic N) is 2. The van der Waals surface area contributed by atoms with Gasteiger partial charge in [-0.3, -0.25) is 4.79 Å². The summed E-state index contributed by atoms with van der Waals surface area (Å²) in [4.78, 5) is 16.2. The molecule has 0 spiro atoms. The predicted octanol–water partition coefficient (Wildman–Crippen LogP) is 4.66. The maximum absolute atomic E-state index is 11.5. The predicted molar refractivity (Wildman–Crippen MR) is 107 cm³/mol. The van der Waals surface area contributed by atoms with E-state index in [0.29, 0.717) is 13.0 Å². The molecule has 3 aromatic rings. The maximum Gasteiger partial charge on any atom is 0.305 e. The van der Waals surface area contributed by atoms with Crippen LogP contribution in [0.25, 0.3) is 10.2 Å². The highest BCUT2D eigenvalue weighted by Gasteiger charge is 2.42. The third-order valence-electron chi connectivity index (χ3n) is 4.80. The van der Waals surface area contributed by atoms with E-state index in [1.165, 1.54) is 0 Å². The van der Waals surface area contributed by atoms with E-state index in [0.717, 1.165) is 30.9 Å². The van der Waals surface area contributed by atoms with Gasteiger partial charge in [-0.05, 0) is 36.2 Å². The van der Waals surface area contributed by atoms with Crippen molar-refractivity contribution in [2.45, 2.75) is 31.8 Å². The molecule has 26 heavy (non-hydrogen) atoms. The zero-order valence-corrected chi connectivity index (χ0v) is 16.6. The van der Waals surface area contributed by atoms with Gasteiger partial charge in [0.15, 0.2) is 0 Å². The number of aliphatic carboxylic acids is 1. The molecule has 0 saturated carbocycles. The Morgan fingerprint density at radius 3 is 2.92 bits per heavy atom. The highest BCUT2D eigenvalue weighted by atomic mass is 79.9. The molecule has 1 aromatic heterocycles. The second kappa shape index (κ2) is 6.64. The molecule has 4 rings (SSSR count). The van der Waals surface area contributed by atoms with E-state index >= 15 is 0 Å². The molecule has 5 nitrogen and oxygen atoms in total. The summed E-state index contributed by atoms with van der Waals surface area (Å²) in [5, 5.41) is 12.4. The first-order valence-electron chi connectivity index (χ1n) is 8.42. The average Bonchev–Trinajstić information content (AvgIpc) is 3.14. The molecule has 0 amide bonds. The summed E-state index contributed by atoms with van der Waals surface area (Å²) in [6.07, 6.45) is 0.739. The Morgan fingerprint density at radius 1 is 1.35 bits per heavy atom. The molecule has 2 N–H and O–H groups in total. The van der Waals surface area contributed by atoms with Gasteiger partial charge in [-0.2, -0.15) is 0 Å². The van der Waals surface area contributed by atoms with Crippen LogP contribution in [-0.2, 0) is 16.9 Å². The molecular formula is C19H18BrN3O2S. The normalized spacial score (nSPS) is 19.1. The van der Waals surface area contributed by atoms with Crippen molar-refractivity contribution < 1.29 is 9.90 Å². The number of rotatable bonds is 5. The summed E-state index contributed by atoms with van der Waals surface area (Å²) in [5.41, 5.74) is 5.92. The number of hydrazine groups is 1. The number of carbonyl (C=O) groups is 1. The molecule has 2 heterocycles. The van der Waals surface area contributed by atoms with E-state index in [2.05, 4.69) is 27.4 Å². The van der Waals surface area contributed by atoms with Gasteiger partial charge in [-0.25, -0.2) is 10.4 Å². The second-order valence-electron chi connectivity index (χ2n) is 6.44. The van der Waals surface area contributed by atoms with Crippen LogP contribution in [0.15, 0.2) is 46.9 Å². The van der Waals surface area contributed by atoms with E-state index in [4.69, 9.17) is 4.98 Å². The van der Waals surface area contributed by atoms with E-state index in [-0.39, 0.29) is 6.42 Å². The Hall–Kier alpha value is -1.96. The number of hydrogen-bond acceptors (Lipinski definition) is 5. The number of thiazole rings is 1. The Kier molecular flexibility index (Phi) is 4.46. The quantitative estimate of drug-likeness (QED) is 0.614. The van der Waals surface area contributed by atoms with Gasteiger partial charge in [0.25, 0.3) is 0 Å². The fourth-order valence-electron chi connectivity index (χ4n) is 3.55. The van der Waals surface area contributed by atoms with Crippen LogP contribution in [0.5, 0.6) is 0 Å². The molecule has 1 unspecified atom stereocenters. The van der Waals surface area contributed by atoms with Gasteiger partial charge < -0.3 is 10.1 Å². The molecule has 2 aromatic carbocycles. The van der Waals surface area contributed by atoms with Gasteiger partial charge in [0, 0.05) is 4.47 Å². The van der Waals surface area contributed by atoms with Gasteiger partial charge >= 0.3 is 5.97 Å². The highest BCUT2D eigenvalue weighted by Crippen LogP contribution is 2.42. The van der Waals surface area contributed by atoms with Crippen molar-refractivity contribution in [3.05, 3.63) is 57.5 Å². The number of hydrogen-bond donors (Lipinski definition) is 2. The SMILES string of the molecule is CCC1(CC(=O)O)NN(Cc2nc3ccc(Br)cc3s2)c2ccccc21. The van der Waals surface area contributed by atoms with Crippen LogP contribution in [-0.4, -0.2) is 16.1 Å². The van der Waals surface area contributed by atoms with Crippen LogP contribution in [0.3, 0.4) is 0 Å². The van der Waals surface area contributed by atoms with Crippen molar-refractivity contribution in [3.63, 3.8) is 0 Å². The lowest BCUT2D eigenvalue weighted by Crippen LogP contribution is -2.46. The van der Waals surface area contributed by atoms with Gasteiger partial charge in [0.05, 0.1) is 34.4 Å². The largest absolute Gasteiger partial charge is 0.481 e. The number of anilines is 1. The first-order chi connectivity index (χ1) is 12.5. The number of carboxylic acid groups (broad SMARTS) is 1. The van der Waals surface area contributed by atoms with Crippen LogP contribution in [0.4, 0.5) is 5.69 Å². The van der Waals surface area contributed by atoms with Gasteiger partial charge in [-0.15, -0.1) is 11.3 Å². The van der Waals surface area contributed by atoms with Crippen LogP contribution in [0, 0.1) is 0 Å². The number of nitrogens with one attached hydrogen (secondary N) is 1. The van der Waals surface area contributed by atoms with Gasteiger partial charge in [-0.1, -0.05) is 41.1 Å². The zero-order chi connectivity index (χ0) is 18.3. The number of benzene rings is 2. The van der Waals surface area contributed by atoms with Crippen molar-refractivity contribution in [1.29, 1.82) is 0 Å². The summed E-state index contributed by atoms with van der Waals surface area (Å²) in [6.45, 7) is 2.61. The summed E-state index contributed by atoms with van der Waals surface area (Å²) < 4.78 is 2.17. The molecule has 0 saturated heterocycles. The Balaban J connectivity index is 1.69. The summed E-state index contributed by atoms with van der Waals surface area (Å²) in [5.74, 6) is -0.805. The maximum atomic E-state index is 11.5. The van der Waals surface area contributed by atoms with E-state index < -0.39 is 11.5 Å². The molecule has 1 aliphatic rings. The van der Waals surface area contributed by atoms with Gasteiger partial charge in [0.2, 0.25) is 0 Å². The minimum atomic E-state index is -0.805. The molecule has 0 fully saturated rings. The zero-order valence-electron chi connectivity index (χ0n) is 14.2. The Labute approximate surface area is 163 Å². The Bertz CT molecular complexity index is 990. The third-order valence-corrected chi connectivity index (χ3v) is 6.30. The lowest BCUT2D eigenvalue weighted by Gasteiger charge is -2.29. The lowest BCUT2D eigenvalue weighted by atomic mass is 9.85. The van der Waals surface area contributed by atoms with Crippen molar-refractivity contribution in [1.82, 2.24) is 10.4 Å². The first-order valence-corrected chi connectivity index (χ1v) is 10.0. The minimum Gasteiger partial charge on any atom is -0.481 e. The van der Waals surface area contributed by atoms with Crippen molar-refractivity contribution in [2.24, 2.45) is 0 Å². The van der Waals surface area contributed by atoms with Crippen LogP contribution in [0.2, 0.25) is 0 Å². The highest BCUT2D eigenvalue weighted by molar-refractivity contribution is 9.10. The van der Waals surface area contributed by atoms with E-state index in [1.807, 2.05) is 48.3 Å². The third kappa shape index (κ3) is 3.00. The molecule has 0 aliphatic carbocycles. The van der Waals surface area contributed by atoms with Crippen molar-refractivity contribution in [3.8, 4) is 0 Å². The smallest absolute Gasteiger partial charge is 0.305 e.